The summed E-state index contributed by atoms with van der Waals surface area (Å²) in [5, 5.41) is 0.365. The molecule has 0 radical (unpaired) electrons. The maximum absolute atomic E-state index is 13.0. The molecule has 0 saturated carbocycles. The minimum Gasteiger partial charge on any atom is -0.374 e. The van der Waals surface area contributed by atoms with Crippen LogP contribution in [0.3, 0.4) is 0 Å². The molecule has 1 aliphatic rings. The molecule has 1 unspecified atom stereocenters. The van der Waals surface area contributed by atoms with E-state index in [0.717, 1.165) is 16.7 Å². The van der Waals surface area contributed by atoms with Gasteiger partial charge in [0.05, 0.1) is 32.5 Å². The van der Waals surface area contributed by atoms with E-state index in [2.05, 4.69) is 0 Å². The van der Waals surface area contributed by atoms with Crippen molar-refractivity contribution in [2.45, 2.75) is 37.3 Å². The molecule has 33 heavy (non-hydrogen) atoms. The van der Waals surface area contributed by atoms with Gasteiger partial charge in [-0.1, -0.05) is 91.0 Å². The van der Waals surface area contributed by atoms with Crippen LogP contribution in [0.15, 0.2) is 102 Å². The van der Waals surface area contributed by atoms with Crippen molar-refractivity contribution in [1.29, 1.82) is 0 Å². The van der Waals surface area contributed by atoms with Crippen molar-refractivity contribution < 1.29 is 22.6 Å². The lowest BCUT2D eigenvalue weighted by Crippen LogP contribution is -2.44. The molecular formula is C27H28O5S. The fourth-order valence-corrected chi connectivity index (χ4v) is 5.48. The first-order chi connectivity index (χ1) is 16.1. The summed E-state index contributed by atoms with van der Waals surface area (Å²) < 4.78 is 44.0. The molecular weight excluding hydrogens is 436 g/mol. The van der Waals surface area contributed by atoms with Gasteiger partial charge in [0.15, 0.2) is 9.84 Å². The molecule has 1 heterocycles. The minimum atomic E-state index is -3.55. The van der Waals surface area contributed by atoms with E-state index in [1.165, 1.54) is 5.41 Å². The summed E-state index contributed by atoms with van der Waals surface area (Å²) in [4.78, 5) is 0. The van der Waals surface area contributed by atoms with Crippen LogP contribution in [0.4, 0.5) is 0 Å². The Balaban J connectivity index is 1.47. The standard InChI is InChI=1S/C27H28O5S/c28-33(29)17-16-25(31-19-23-12-6-2-7-13-23)27(33)26(32-20-24-14-8-3-9-15-24)21-30-18-22-10-4-1-5-11-22/h1-17,25-27H,18-21H2/t25-,26?,27+/m0/s1. The van der Waals surface area contributed by atoms with Crippen LogP contribution in [0.2, 0.25) is 0 Å². The lowest BCUT2D eigenvalue weighted by Gasteiger charge is -2.28. The first-order valence-corrected chi connectivity index (χ1v) is 12.6. The van der Waals surface area contributed by atoms with Crippen molar-refractivity contribution in [1.82, 2.24) is 0 Å². The van der Waals surface area contributed by atoms with Gasteiger partial charge in [0.25, 0.3) is 0 Å². The highest BCUT2D eigenvalue weighted by molar-refractivity contribution is 7.95. The molecule has 0 amide bonds. The highest BCUT2D eigenvalue weighted by Crippen LogP contribution is 2.28. The zero-order valence-electron chi connectivity index (χ0n) is 18.3. The quantitative estimate of drug-likeness (QED) is 0.412. The molecule has 3 aromatic rings. The Morgan fingerprint density at radius 3 is 1.79 bits per heavy atom. The number of benzene rings is 3. The number of hydrogen-bond donors (Lipinski definition) is 0. The van der Waals surface area contributed by atoms with Crippen LogP contribution in [-0.2, 0) is 43.9 Å². The average molecular weight is 465 g/mol. The monoisotopic (exact) mass is 464 g/mol. The second kappa shape index (κ2) is 11.4. The van der Waals surface area contributed by atoms with E-state index < -0.39 is 27.3 Å². The summed E-state index contributed by atoms with van der Waals surface area (Å²) in [5.41, 5.74) is 2.97. The lowest BCUT2D eigenvalue weighted by atomic mass is 10.1. The van der Waals surface area contributed by atoms with Gasteiger partial charge in [-0.15, -0.1) is 0 Å². The molecule has 4 rings (SSSR count). The molecule has 6 heteroatoms. The first-order valence-electron chi connectivity index (χ1n) is 11.0. The van der Waals surface area contributed by atoms with Gasteiger partial charge >= 0.3 is 0 Å². The summed E-state index contributed by atoms with van der Waals surface area (Å²) in [6.07, 6.45) is 0.310. The van der Waals surface area contributed by atoms with Gasteiger partial charge in [-0.05, 0) is 22.8 Å². The van der Waals surface area contributed by atoms with Gasteiger partial charge < -0.3 is 14.2 Å². The normalized spacial score (nSPS) is 20.0. The fraction of sp³-hybridized carbons (Fsp3) is 0.259. The van der Waals surface area contributed by atoms with Gasteiger partial charge in [0.2, 0.25) is 0 Å². The van der Waals surface area contributed by atoms with Crippen LogP contribution in [-0.4, -0.2) is 32.5 Å². The Morgan fingerprint density at radius 2 is 1.21 bits per heavy atom. The highest BCUT2D eigenvalue weighted by Gasteiger charge is 2.43. The van der Waals surface area contributed by atoms with Crippen LogP contribution in [0.5, 0.6) is 0 Å². The van der Waals surface area contributed by atoms with Crippen LogP contribution in [0.25, 0.3) is 0 Å². The Labute approximate surface area is 195 Å². The largest absolute Gasteiger partial charge is 0.374 e. The highest BCUT2D eigenvalue weighted by atomic mass is 32.2. The zero-order valence-corrected chi connectivity index (χ0v) is 19.1. The third-order valence-electron chi connectivity index (χ3n) is 5.51. The Bertz CT molecular complexity index is 1110. The van der Waals surface area contributed by atoms with E-state index in [1.54, 1.807) is 6.08 Å². The number of hydrogen-bond acceptors (Lipinski definition) is 5. The summed E-state index contributed by atoms with van der Waals surface area (Å²) in [6.45, 7) is 1.12. The van der Waals surface area contributed by atoms with E-state index in [4.69, 9.17) is 14.2 Å². The van der Waals surface area contributed by atoms with Crippen molar-refractivity contribution in [3.63, 3.8) is 0 Å². The van der Waals surface area contributed by atoms with E-state index in [-0.39, 0.29) is 13.2 Å². The Hall–Kier alpha value is -2.77. The fourth-order valence-electron chi connectivity index (χ4n) is 3.80. The molecule has 0 spiro atoms. The zero-order chi connectivity index (χ0) is 22.9. The summed E-state index contributed by atoms with van der Waals surface area (Å²) >= 11 is 0. The molecule has 172 valence electrons. The number of ether oxygens (including phenoxy) is 3. The summed E-state index contributed by atoms with van der Waals surface area (Å²) in [5.74, 6) is 0. The van der Waals surface area contributed by atoms with E-state index in [1.807, 2.05) is 91.0 Å². The average Bonchev–Trinajstić information content (AvgIpc) is 3.16. The molecule has 0 aromatic heterocycles. The molecule has 5 nitrogen and oxygen atoms in total. The van der Waals surface area contributed by atoms with Crippen molar-refractivity contribution in [3.05, 3.63) is 119 Å². The maximum atomic E-state index is 13.0. The van der Waals surface area contributed by atoms with Gasteiger partial charge in [0, 0.05) is 5.41 Å². The predicted molar refractivity (Wildman–Crippen MR) is 128 cm³/mol. The van der Waals surface area contributed by atoms with Gasteiger partial charge in [-0.2, -0.15) is 0 Å². The number of sulfone groups is 1. The first kappa shape index (κ1) is 23.4. The smallest absolute Gasteiger partial charge is 0.179 e. The Kier molecular flexibility index (Phi) is 8.07. The molecule has 0 aliphatic carbocycles. The third-order valence-corrected chi connectivity index (χ3v) is 7.38. The summed E-state index contributed by atoms with van der Waals surface area (Å²) in [6, 6.07) is 29.2. The van der Waals surface area contributed by atoms with Gasteiger partial charge in [-0.3, -0.25) is 0 Å². The SMILES string of the molecule is O=S1(=O)C=C[C@H](OCc2ccccc2)[C@@H]1C(COCc1ccccc1)OCc1ccccc1. The van der Waals surface area contributed by atoms with Crippen LogP contribution in [0, 0.1) is 0 Å². The van der Waals surface area contributed by atoms with Gasteiger partial charge in [0.1, 0.15) is 11.4 Å². The molecule has 0 N–H and O–H groups in total. The molecule has 0 bridgehead atoms. The van der Waals surface area contributed by atoms with Crippen LogP contribution >= 0.6 is 0 Å². The van der Waals surface area contributed by atoms with E-state index in [0.29, 0.717) is 13.2 Å². The van der Waals surface area contributed by atoms with Crippen LogP contribution in [0.1, 0.15) is 16.7 Å². The molecule has 3 atom stereocenters. The van der Waals surface area contributed by atoms with Gasteiger partial charge in [-0.25, -0.2) is 8.42 Å². The molecule has 0 saturated heterocycles. The van der Waals surface area contributed by atoms with Crippen molar-refractivity contribution in [3.8, 4) is 0 Å². The maximum Gasteiger partial charge on any atom is 0.179 e. The minimum absolute atomic E-state index is 0.137. The molecule has 1 aliphatic heterocycles. The number of rotatable bonds is 11. The second-order valence-electron chi connectivity index (χ2n) is 7.98. The van der Waals surface area contributed by atoms with Crippen molar-refractivity contribution in [2.75, 3.05) is 6.61 Å². The van der Waals surface area contributed by atoms with E-state index in [9.17, 15) is 8.42 Å². The predicted octanol–water partition coefficient (Wildman–Crippen LogP) is 4.68. The van der Waals surface area contributed by atoms with Crippen LogP contribution < -0.4 is 0 Å². The van der Waals surface area contributed by atoms with Crippen molar-refractivity contribution >= 4 is 9.84 Å². The molecule has 3 aromatic carbocycles. The summed E-state index contributed by atoms with van der Waals surface area (Å²) in [7, 11) is -3.55. The third kappa shape index (κ3) is 6.62. The van der Waals surface area contributed by atoms with E-state index >= 15 is 0 Å². The molecule has 0 fully saturated rings. The Morgan fingerprint density at radius 1 is 0.697 bits per heavy atom. The topological polar surface area (TPSA) is 61.8 Å². The lowest BCUT2D eigenvalue weighted by molar-refractivity contribution is -0.0530. The van der Waals surface area contributed by atoms with Crippen molar-refractivity contribution in [2.24, 2.45) is 0 Å². The second-order valence-corrected chi connectivity index (χ2v) is 9.97.